The zero-order valence-corrected chi connectivity index (χ0v) is 11.1. The molecule has 4 nitrogen and oxygen atoms in total. The van der Waals surface area contributed by atoms with Crippen LogP contribution in [0.5, 0.6) is 0 Å². The van der Waals surface area contributed by atoms with E-state index in [1.54, 1.807) is 0 Å². The van der Waals surface area contributed by atoms with E-state index in [1.807, 2.05) is 20.8 Å². The van der Waals surface area contributed by atoms with Crippen molar-refractivity contribution in [3.8, 4) is 0 Å². The van der Waals surface area contributed by atoms with Crippen molar-refractivity contribution in [2.45, 2.75) is 64.7 Å². The number of hydrogen-bond donors (Lipinski definition) is 2. The summed E-state index contributed by atoms with van der Waals surface area (Å²) in [4.78, 5) is 12.0. The minimum absolute atomic E-state index is 0.0744. The number of carbonyl (C=O) groups is 1. The number of aliphatic hydroxyl groups is 1. The molecule has 0 aromatic rings. The molecule has 0 aromatic carbocycles. The van der Waals surface area contributed by atoms with E-state index in [4.69, 9.17) is 9.84 Å². The molecule has 0 spiro atoms. The maximum Gasteiger partial charge on any atom is 0.223 e. The number of ether oxygens (including phenoxy) is 1. The zero-order chi connectivity index (χ0) is 12.8. The fourth-order valence-electron chi connectivity index (χ4n) is 2.45. The molecule has 0 aliphatic carbocycles. The molecule has 17 heavy (non-hydrogen) atoms. The second-order valence-corrected chi connectivity index (χ2v) is 5.20. The highest BCUT2D eigenvalue weighted by molar-refractivity contribution is 5.79. The van der Waals surface area contributed by atoms with E-state index < -0.39 is 0 Å². The van der Waals surface area contributed by atoms with Crippen LogP contribution in [0.15, 0.2) is 0 Å². The van der Waals surface area contributed by atoms with Crippen molar-refractivity contribution < 1.29 is 14.6 Å². The second kappa shape index (κ2) is 6.97. The first-order chi connectivity index (χ1) is 8.02. The van der Waals surface area contributed by atoms with Gasteiger partial charge in [0, 0.05) is 18.6 Å². The molecule has 0 bridgehead atoms. The highest BCUT2D eigenvalue weighted by Gasteiger charge is 2.29. The van der Waals surface area contributed by atoms with Gasteiger partial charge in [0.15, 0.2) is 0 Å². The molecule has 4 heteroatoms. The molecular weight excluding hydrogens is 218 g/mol. The SMILES string of the molecule is CC(CCCO)NC(=O)C1CC(C)OC(C)C1. The van der Waals surface area contributed by atoms with Gasteiger partial charge in [-0.1, -0.05) is 0 Å². The van der Waals surface area contributed by atoms with Crippen molar-refractivity contribution in [3.63, 3.8) is 0 Å². The average Bonchev–Trinajstić information content (AvgIpc) is 2.25. The third-order valence-corrected chi connectivity index (χ3v) is 3.25. The summed E-state index contributed by atoms with van der Waals surface area (Å²) in [6.07, 6.45) is 3.52. The molecule has 1 saturated heterocycles. The molecule has 0 aromatic heterocycles. The van der Waals surface area contributed by atoms with Crippen LogP contribution in [-0.4, -0.2) is 35.9 Å². The van der Waals surface area contributed by atoms with Crippen LogP contribution in [0.4, 0.5) is 0 Å². The van der Waals surface area contributed by atoms with Gasteiger partial charge in [0.05, 0.1) is 12.2 Å². The summed E-state index contributed by atoms with van der Waals surface area (Å²) in [7, 11) is 0. The van der Waals surface area contributed by atoms with E-state index in [-0.39, 0.29) is 36.7 Å². The maximum atomic E-state index is 12.0. The van der Waals surface area contributed by atoms with Crippen molar-refractivity contribution in [2.75, 3.05) is 6.61 Å². The smallest absolute Gasteiger partial charge is 0.223 e. The normalized spacial score (nSPS) is 30.9. The van der Waals surface area contributed by atoms with Crippen molar-refractivity contribution in [1.29, 1.82) is 0 Å². The maximum absolute atomic E-state index is 12.0. The lowest BCUT2D eigenvalue weighted by atomic mass is 9.91. The summed E-state index contributed by atoms with van der Waals surface area (Å²) in [6, 6.07) is 0.142. The summed E-state index contributed by atoms with van der Waals surface area (Å²) in [5.74, 6) is 0.211. The van der Waals surface area contributed by atoms with Gasteiger partial charge in [0.1, 0.15) is 0 Å². The van der Waals surface area contributed by atoms with Gasteiger partial charge in [0.2, 0.25) is 5.91 Å². The lowest BCUT2D eigenvalue weighted by Crippen LogP contribution is -2.42. The van der Waals surface area contributed by atoms with Crippen LogP contribution >= 0.6 is 0 Å². The summed E-state index contributed by atoms with van der Waals surface area (Å²) < 4.78 is 5.62. The molecule has 2 N–H and O–H groups in total. The third-order valence-electron chi connectivity index (χ3n) is 3.25. The molecule has 3 unspecified atom stereocenters. The topological polar surface area (TPSA) is 58.6 Å². The minimum Gasteiger partial charge on any atom is -0.396 e. The van der Waals surface area contributed by atoms with Crippen LogP contribution in [0.3, 0.4) is 0 Å². The number of rotatable bonds is 5. The molecular formula is C13H25NO3. The Kier molecular flexibility index (Phi) is 5.92. The van der Waals surface area contributed by atoms with Crippen LogP contribution in [0, 0.1) is 5.92 Å². The first-order valence-electron chi connectivity index (χ1n) is 6.59. The van der Waals surface area contributed by atoms with Crippen LogP contribution in [0.25, 0.3) is 0 Å². The first-order valence-corrected chi connectivity index (χ1v) is 6.59. The Morgan fingerprint density at radius 2 is 2.00 bits per heavy atom. The number of carbonyl (C=O) groups excluding carboxylic acids is 1. The lowest BCUT2D eigenvalue weighted by molar-refractivity contribution is -0.133. The fourth-order valence-corrected chi connectivity index (χ4v) is 2.45. The Bertz CT molecular complexity index is 235. The van der Waals surface area contributed by atoms with E-state index >= 15 is 0 Å². The van der Waals surface area contributed by atoms with Gasteiger partial charge in [-0.2, -0.15) is 0 Å². The van der Waals surface area contributed by atoms with Crippen LogP contribution < -0.4 is 5.32 Å². The Morgan fingerprint density at radius 1 is 1.41 bits per heavy atom. The average molecular weight is 243 g/mol. The van der Waals surface area contributed by atoms with Crippen molar-refractivity contribution in [2.24, 2.45) is 5.92 Å². The molecule has 1 rings (SSSR count). The van der Waals surface area contributed by atoms with Crippen molar-refractivity contribution in [1.82, 2.24) is 5.32 Å². The summed E-state index contributed by atoms with van der Waals surface area (Å²) in [5.41, 5.74) is 0. The van der Waals surface area contributed by atoms with E-state index in [0.29, 0.717) is 0 Å². The number of hydrogen-bond acceptors (Lipinski definition) is 3. The van der Waals surface area contributed by atoms with E-state index in [0.717, 1.165) is 25.7 Å². The summed E-state index contributed by atoms with van der Waals surface area (Å²) in [6.45, 7) is 6.21. The van der Waals surface area contributed by atoms with Crippen LogP contribution in [0.1, 0.15) is 46.5 Å². The van der Waals surface area contributed by atoms with Crippen molar-refractivity contribution in [3.05, 3.63) is 0 Å². The van der Waals surface area contributed by atoms with Gasteiger partial charge in [-0.15, -0.1) is 0 Å². The van der Waals surface area contributed by atoms with Crippen molar-refractivity contribution >= 4 is 5.91 Å². The van der Waals surface area contributed by atoms with Crippen LogP contribution in [-0.2, 0) is 9.53 Å². The Morgan fingerprint density at radius 3 is 2.53 bits per heavy atom. The minimum atomic E-state index is 0.0744. The van der Waals surface area contributed by atoms with Gasteiger partial charge in [-0.25, -0.2) is 0 Å². The molecule has 1 amide bonds. The van der Waals surface area contributed by atoms with Gasteiger partial charge in [0.25, 0.3) is 0 Å². The Hall–Kier alpha value is -0.610. The predicted octanol–water partition coefficient (Wildman–Crippen LogP) is 1.47. The molecule has 1 fully saturated rings. The van der Waals surface area contributed by atoms with Gasteiger partial charge >= 0.3 is 0 Å². The lowest BCUT2D eigenvalue weighted by Gasteiger charge is -2.32. The number of nitrogens with one attached hydrogen (secondary N) is 1. The van der Waals surface area contributed by atoms with Gasteiger partial charge < -0.3 is 15.2 Å². The zero-order valence-electron chi connectivity index (χ0n) is 11.1. The standard InChI is InChI=1S/C13H25NO3/c1-9(5-4-6-15)14-13(16)12-7-10(2)17-11(3)8-12/h9-12,15H,4-8H2,1-3H3,(H,14,16). The largest absolute Gasteiger partial charge is 0.396 e. The van der Waals surface area contributed by atoms with E-state index in [2.05, 4.69) is 5.32 Å². The Balaban J connectivity index is 2.36. The Labute approximate surface area is 104 Å². The molecule has 3 atom stereocenters. The molecule has 1 aliphatic heterocycles. The monoisotopic (exact) mass is 243 g/mol. The predicted molar refractivity (Wildman–Crippen MR) is 66.7 cm³/mol. The van der Waals surface area contributed by atoms with Crippen LogP contribution in [0.2, 0.25) is 0 Å². The number of amides is 1. The highest BCUT2D eigenvalue weighted by Crippen LogP contribution is 2.24. The molecule has 0 radical (unpaired) electrons. The van der Waals surface area contributed by atoms with E-state index in [1.165, 1.54) is 0 Å². The molecule has 0 saturated carbocycles. The molecule has 1 heterocycles. The quantitative estimate of drug-likeness (QED) is 0.768. The highest BCUT2D eigenvalue weighted by atomic mass is 16.5. The summed E-state index contributed by atoms with van der Waals surface area (Å²) in [5, 5.41) is 11.8. The summed E-state index contributed by atoms with van der Waals surface area (Å²) >= 11 is 0. The molecule has 100 valence electrons. The fraction of sp³-hybridized carbons (Fsp3) is 0.923. The van der Waals surface area contributed by atoms with E-state index in [9.17, 15) is 4.79 Å². The first kappa shape index (κ1) is 14.5. The third kappa shape index (κ3) is 5.04. The second-order valence-electron chi connectivity index (χ2n) is 5.20. The molecule has 1 aliphatic rings. The number of aliphatic hydroxyl groups excluding tert-OH is 1. The van der Waals surface area contributed by atoms with Gasteiger partial charge in [-0.3, -0.25) is 4.79 Å². The van der Waals surface area contributed by atoms with Gasteiger partial charge in [-0.05, 0) is 46.5 Å².